The quantitative estimate of drug-likeness (QED) is 0.842. The molecule has 1 saturated heterocycles. The van der Waals surface area contributed by atoms with E-state index in [4.69, 9.17) is 14.2 Å². The van der Waals surface area contributed by atoms with E-state index in [2.05, 4.69) is 10.2 Å². The van der Waals surface area contributed by atoms with Crippen molar-refractivity contribution in [2.45, 2.75) is 6.04 Å². The van der Waals surface area contributed by atoms with E-state index in [1.807, 2.05) is 35.7 Å². The number of hydrogen-bond donors (Lipinski definition) is 1. The second-order valence-corrected chi connectivity index (χ2v) is 6.91. The van der Waals surface area contributed by atoms with Crippen LogP contribution >= 0.6 is 23.7 Å². The molecule has 1 fully saturated rings. The zero-order valence-electron chi connectivity index (χ0n) is 14.2. The number of morpholine rings is 1. The summed E-state index contributed by atoms with van der Waals surface area (Å²) in [5, 5.41) is 4.97. The van der Waals surface area contributed by atoms with Gasteiger partial charge < -0.3 is 19.5 Å². The fraction of sp³-hybridized carbons (Fsp3) is 0.389. The first-order chi connectivity index (χ1) is 12.3. The lowest BCUT2D eigenvalue weighted by Gasteiger charge is -2.35. The number of rotatable bonds is 5. The molecule has 1 aromatic carbocycles. The van der Waals surface area contributed by atoms with Crippen LogP contribution < -0.4 is 14.8 Å². The summed E-state index contributed by atoms with van der Waals surface area (Å²) in [5.74, 6) is 1.50. The Hall–Kier alpha value is -1.80. The summed E-state index contributed by atoms with van der Waals surface area (Å²) < 4.78 is 16.4. The molecule has 2 aliphatic rings. The summed E-state index contributed by atoms with van der Waals surface area (Å²) in [5.41, 5.74) is 1.11. The summed E-state index contributed by atoms with van der Waals surface area (Å²) >= 11 is 1.45. The van der Waals surface area contributed by atoms with Crippen LogP contribution in [0.3, 0.4) is 0 Å². The average molecular weight is 397 g/mol. The Morgan fingerprint density at radius 3 is 2.77 bits per heavy atom. The molecule has 0 saturated carbocycles. The van der Waals surface area contributed by atoms with Gasteiger partial charge in [-0.2, -0.15) is 0 Å². The molecular weight excluding hydrogens is 376 g/mol. The van der Waals surface area contributed by atoms with Gasteiger partial charge in [0.2, 0.25) is 6.79 Å². The molecule has 1 N–H and O–H groups in total. The van der Waals surface area contributed by atoms with E-state index < -0.39 is 0 Å². The maximum Gasteiger partial charge on any atom is 0.261 e. The molecule has 1 amide bonds. The van der Waals surface area contributed by atoms with Crippen molar-refractivity contribution in [3.8, 4) is 11.5 Å². The lowest BCUT2D eigenvalue weighted by molar-refractivity contribution is 0.0162. The molecule has 0 radical (unpaired) electrons. The minimum absolute atomic E-state index is 0. The molecule has 1 unspecified atom stereocenters. The summed E-state index contributed by atoms with van der Waals surface area (Å²) in [6.07, 6.45) is 0. The van der Waals surface area contributed by atoms with Crippen LogP contribution in [0.15, 0.2) is 35.7 Å². The standard InChI is InChI=1S/C18H20N2O4S.ClH/c21-18(17-2-1-9-25-17)19-11-14(20-5-7-22-8-6-20)13-3-4-15-16(10-13)24-12-23-15;/h1-4,9-10,14H,5-8,11-12H2,(H,19,21);1H. The Balaban J connectivity index is 0.00000196. The highest BCUT2D eigenvalue weighted by Gasteiger charge is 2.25. The van der Waals surface area contributed by atoms with Crippen LogP contribution in [-0.2, 0) is 4.74 Å². The minimum Gasteiger partial charge on any atom is -0.454 e. The topological polar surface area (TPSA) is 60.0 Å². The molecule has 4 rings (SSSR count). The normalized spacial score (nSPS) is 17.4. The molecule has 2 aliphatic heterocycles. The Morgan fingerprint density at radius 2 is 2.00 bits per heavy atom. The second-order valence-electron chi connectivity index (χ2n) is 5.96. The molecule has 3 heterocycles. The fourth-order valence-corrected chi connectivity index (χ4v) is 3.79. The van der Waals surface area contributed by atoms with Gasteiger partial charge in [-0.1, -0.05) is 12.1 Å². The number of carbonyl (C=O) groups excluding carboxylic acids is 1. The zero-order valence-corrected chi connectivity index (χ0v) is 15.8. The van der Waals surface area contributed by atoms with Crippen molar-refractivity contribution in [1.82, 2.24) is 10.2 Å². The molecule has 26 heavy (non-hydrogen) atoms. The lowest BCUT2D eigenvalue weighted by Crippen LogP contribution is -2.43. The predicted molar refractivity (Wildman–Crippen MR) is 102 cm³/mol. The number of ether oxygens (including phenoxy) is 3. The van der Waals surface area contributed by atoms with Crippen LogP contribution in [0.4, 0.5) is 0 Å². The molecular formula is C18H21ClN2O4S. The SMILES string of the molecule is Cl.O=C(NCC(c1ccc2c(c1)OCO2)N1CCOCC1)c1cccs1. The van der Waals surface area contributed by atoms with Crippen molar-refractivity contribution in [2.75, 3.05) is 39.6 Å². The van der Waals surface area contributed by atoms with Crippen molar-refractivity contribution in [3.05, 3.63) is 46.2 Å². The summed E-state index contributed by atoms with van der Waals surface area (Å²) in [7, 11) is 0. The molecule has 1 atom stereocenters. The van der Waals surface area contributed by atoms with Crippen LogP contribution in [0.1, 0.15) is 21.3 Å². The van der Waals surface area contributed by atoms with Crippen molar-refractivity contribution < 1.29 is 19.0 Å². The third-order valence-corrected chi connectivity index (χ3v) is 5.34. The van der Waals surface area contributed by atoms with Gasteiger partial charge >= 0.3 is 0 Å². The third-order valence-electron chi connectivity index (χ3n) is 4.47. The van der Waals surface area contributed by atoms with Gasteiger partial charge in [-0.3, -0.25) is 9.69 Å². The van der Waals surface area contributed by atoms with Gasteiger partial charge in [-0.25, -0.2) is 0 Å². The van der Waals surface area contributed by atoms with Crippen LogP contribution in [0, 0.1) is 0 Å². The molecule has 6 nitrogen and oxygen atoms in total. The van der Waals surface area contributed by atoms with Gasteiger partial charge in [0.25, 0.3) is 5.91 Å². The summed E-state index contributed by atoms with van der Waals surface area (Å²) in [6.45, 7) is 3.90. The number of fused-ring (bicyclic) bond motifs is 1. The van der Waals surface area contributed by atoms with E-state index in [1.54, 1.807) is 0 Å². The van der Waals surface area contributed by atoms with Crippen molar-refractivity contribution in [2.24, 2.45) is 0 Å². The average Bonchev–Trinajstić information content (AvgIpc) is 3.34. The van der Waals surface area contributed by atoms with E-state index in [-0.39, 0.29) is 31.1 Å². The van der Waals surface area contributed by atoms with Crippen molar-refractivity contribution in [1.29, 1.82) is 0 Å². The van der Waals surface area contributed by atoms with E-state index >= 15 is 0 Å². The Morgan fingerprint density at radius 1 is 1.19 bits per heavy atom. The van der Waals surface area contributed by atoms with Gasteiger partial charge in [0.05, 0.1) is 24.1 Å². The first-order valence-corrected chi connectivity index (χ1v) is 9.22. The second kappa shape index (κ2) is 8.73. The fourth-order valence-electron chi connectivity index (χ4n) is 3.15. The molecule has 1 aromatic heterocycles. The van der Waals surface area contributed by atoms with Crippen molar-refractivity contribution in [3.63, 3.8) is 0 Å². The predicted octanol–water partition coefficient (Wildman–Crippen LogP) is 2.70. The van der Waals surface area contributed by atoms with Gasteiger partial charge in [-0.15, -0.1) is 23.7 Å². The highest BCUT2D eigenvalue weighted by atomic mass is 35.5. The Kier molecular flexibility index (Phi) is 6.37. The highest BCUT2D eigenvalue weighted by Crippen LogP contribution is 2.35. The van der Waals surface area contributed by atoms with E-state index in [1.165, 1.54) is 11.3 Å². The lowest BCUT2D eigenvalue weighted by atomic mass is 10.0. The molecule has 2 aromatic rings. The number of halogens is 1. The Labute approximate surface area is 162 Å². The van der Waals surface area contributed by atoms with Crippen LogP contribution in [0.5, 0.6) is 11.5 Å². The third kappa shape index (κ3) is 4.12. The minimum atomic E-state index is -0.0333. The number of amides is 1. The number of hydrogen-bond acceptors (Lipinski definition) is 6. The maximum absolute atomic E-state index is 12.3. The molecule has 140 valence electrons. The number of carbonyl (C=O) groups is 1. The summed E-state index contributed by atoms with van der Waals surface area (Å²) in [6, 6.07) is 9.79. The number of benzene rings is 1. The first-order valence-electron chi connectivity index (χ1n) is 8.34. The highest BCUT2D eigenvalue weighted by molar-refractivity contribution is 7.12. The number of thiophene rings is 1. The van der Waals surface area contributed by atoms with Gasteiger partial charge in [-0.05, 0) is 29.1 Å². The molecule has 8 heteroatoms. The van der Waals surface area contributed by atoms with Crippen LogP contribution in [-0.4, -0.2) is 50.4 Å². The molecule has 0 aliphatic carbocycles. The van der Waals surface area contributed by atoms with E-state index in [9.17, 15) is 4.79 Å². The number of nitrogens with one attached hydrogen (secondary N) is 1. The Bertz CT molecular complexity index is 735. The van der Waals surface area contributed by atoms with Crippen LogP contribution in [0.2, 0.25) is 0 Å². The summed E-state index contributed by atoms with van der Waals surface area (Å²) in [4.78, 5) is 15.4. The maximum atomic E-state index is 12.3. The van der Waals surface area contributed by atoms with Gasteiger partial charge in [0.1, 0.15) is 0 Å². The largest absolute Gasteiger partial charge is 0.454 e. The first kappa shape index (κ1) is 19.0. The monoisotopic (exact) mass is 396 g/mol. The number of nitrogens with zero attached hydrogens (tertiary/aromatic N) is 1. The van der Waals surface area contributed by atoms with Crippen molar-refractivity contribution >= 4 is 29.7 Å². The van der Waals surface area contributed by atoms with Gasteiger partial charge in [0, 0.05) is 19.6 Å². The smallest absolute Gasteiger partial charge is 0.261 e. The molecule has 0 bridgehead atoms. The van der Waals surface area contributed by atoms with Crippen LogP contribution in [0.25, 0.3) is 0 Å². The van der Waals surface area contributed by atoms with E-state index in [0.29, 0.717) is 19.8 Å². The van der Waals surface area contributed by atoms with Gasteiger partial charge in [0.15, 0.2) is 11.5 Å². The zero-order chi connectivity index (χ0) is 17.1. The molecule has 0 spiro atoms. The van der Waals surface area contributed by atoms with E-state index in [0.717, 1.165) is 35.0 Å².